The summed E-state index contributed by atoms with van der Waals surface area (Å²) in [5, 5.41) is 10.7. The standard InChI is InChI=1S/C24H27N7O/c1-5-31-14-21-24(30-31)29-22(13-25-21)27-17(4)18-7-6-8-19(11-18)28-23(32)12-20-10-9-15(2)16(3)26-20/h6-11,13-14,17H,5,12H2,1-4H3,(H,28,32)(H,27,29,30)/t17-/m0/s1. The summed E-state index contributed by atoms with van der Waals surface area (Å²) in [6, 6.07) is 11.6. The van der Waals surface area contributed by atoms with Crippen LogP contribution in [-0.4, -0.2) is 30.6 Å². The molecule has 0 radical (unpaired) electrons. The Morgan fingerprint density at radius 3 is 2.78 bits per heavy atom. The Morgan fingerprint density at radius 1 is 1.16 bits per heavy atom. The van der Waals surface area contributed by atoms with Gasteiger partial charge in [0.15, 0.2) is 0 Å². The molecule has 8 heteroatoms. The maximum Gasteiger partial charge on any atom is 0.230 e. The van der Waals surface area contributed by atoms with Crippen molar-refractivity contribution >= 4 is 28.6 Å². The number of rotatable bonds is 7. The van der Waals surface area contributed by atoms with Crippen LogP contribution in [0.25, 0.3) is 11.2 Å². The van der Waals surface area contributed by atoms with Crippen molar-refractivity contribution in [1.82, 2.24) is 24.7 Å². The second-order valence-electron chi connectivity index (χ2n) is 7.87. The molecular weight excluding hydrogens is 402 g/mol. The zero-order chi connectivity index (χ0) is 22.7. The predicted octanol–water partition coefficient (Wildman–Crippen LogP) is 4.21. The van der Waals surface area contributed by atoms with Gasteiger partial charge in [0, 0.05) is 23.6 Å². The van der Waals surface area contributed by atoms with Crippen molar-refractivity contribution in [1.29, 1.82) is 0 Å². The summed E-state index contributed by atoms with van der Waals surface area (Å²) in [7, 11) is 0. The van der Waals surface area contributed by atoms with E-state index in [4.69, 9.17) is 0 Å². The van der Waals surface area contributed by atoms with E-state index in [1.807, 2.05) is 75.0 Å². The monoisotopic (exact) mass is 429 g/mol. The van der Waals surface area contributed by atoms with Gasteiger partial charge in [0.2, 0.25) is 11.6 Å². The lowest BCUT2D eigenvalue weighted by Gasteiger charge is -2.16. The lowest BCUT2D eigenvalue weighted by atomic mass is 10.1. The van der Waals surface area contributed by atoms with Gasteiger partial charge in [-0.15, -0.1) is 0 Å². The van der Waals surface area contributed by atoms with E-state index in [2.05, 4.69) is 30.7 Å². The molecule has 0 aliphatic heterocycles. The molecule has 0 fully saturated rings. The lowest BCUT2D eigenvalue weighted by Crippen LogP contribution is -2.16. The van der Waals surface area contributed by atoms with Gasteiger partial charge in [-0.1, -0.05) is 18.2 Å². The molecule has 32 heavy (non-hydrogen) atoms. The van der Waals surface area contributed by atoms with Gasteiger partial charge >= 0.3 is 0 Å². The van der Waals surface area contributed by atoms with Crippen LogP contribution in [0.3, 0.4) is 0 Å². The molecule has 1 atom stereocenters. The summed E-state index contributed by atoms with van der Waals surface area (Å²) in [5.41, 5.74) is 5.97. The Morgan fingerprint density at radius 2 is 2.00 bits per heavy atom. The number of aryl methyl sites for hydroxylation is 3. The fourth-order valence-electron chi connectivity index (χ4n) is 3.42. The van der Waals surface area contributed by atoms with Crippen LogP contribution in [0.5, 0.6) is 0 Å². The Balaban J connectivity index is 1.42. The molecule has 1 aromatic carbocycles. The molecule has 8 nitrogen and oxygen atoms in total. The first kappa shape index (κ1) is 21.4. The quantitative estimate of drug-likeness (QED) is 0.457. The first-order valence-electron chi connectivity index (χ1n) is 10.7. The number of anilines is 2. The van der Waals surface area contributed by atoms with Gasteiger partial charge in [-0.2, -0.15) is 5.10 Å². The second-order valence-corrected chi connectivity index (χ2v) is 7.87. The van der Waals surface area contributed by atoms with Crippen LogP contribution < -0.4 is 10.6 Å². The molecule has 0 spiro atoms. The highest BCUT2D eigenvalue weighted by Gasteiger charge is 2.11. The second kappa shape index (κ2) is 9.13. The van der Waals surface area contributed by atoms with Crippen molar-refractivity contribution in [3.63, 3.8) is 0 Å². The molecule has 0 saturated heterocycles. The molecule has 0 unspecified atom stereocenters. The van der Waals surface area contributed by atoms with Crippen LogP contribution in [-0.2, 0) is 17.8 Å². The highest BCUT2D eigenvalue weighted by atomic mass is 16.1. The van der Waals surface area contributed by atoms with Gasteiger partial charge in [0.25, 0.3) is 0 Å². The van der Waals surface area contributed by atoms with Crippen molar-refractivity contribution in [3.8, 4) is 0 Å². The van der Waals surface area contributed by atoms with E-state index in [1.54, 1.807) is 6.20 Å². The number of aromatic nitrogens is 5. The molecule has 3 heterocycles. The zero-order valence-electron chi connectivity index (χ0n) is 18.8. The minimum absolute atomic E-state index is 0.0340. The number of hydrogen-bond donors (Lipinski definition) is 2. The molecule has 3 aromatic heterocycles. The summed E-state index contributed by atoms with van der Waals surface area (Å²) >= 11 is 0. The number of carbonyl (C=O) groups is 1. The topological polar surface area (TPSA) is 97.6 Å². The van der Waals surface area contributed by atoms with Crippen molar-refractivity contribution in [2.45, 2.75) is 46.7 Å². The van der Waals surface area contributed by atoms with Crippen molar-refractivity contribution in [2.75, 3.05) is 10.6 Å². The van der Waals surface area contributed by atoms with Crippen LogP contribution >= 0.6 is 0 Å². The number of pyridine rings is 1. The summed E-state index contributed by atoms with van der Waals surface area (Å²) in [4.78, 5) is 26.0. The van der Waals surface area contributed by atoms with E-state index in [9.17, 15) is 4.79 Å². The Bertz CT molecular complexity index is 1260. The molecular formula is C24H27N7O. The lowest BCUT2D eigenvalue weighted by molar-refractivity contribution is -0.115. The summed E-state index contributed by atoms with van der Waals surface area (Å²) in [6.07, 6.45) is 3.83. The van der Waals surface area contributed by atoms with E-state index in [1.165, 1.54) is 0 Å². The first-order chi connectivity index (χ1) is 15.4. The Kier molecular flexibility index (Phi) is 6.11. The number of carbonyl (C=O) groups excluding carboxylic acids is 1. The smallest absolute Gasteiger partial charge is 0.230 e. The maximum atomic E-state index is 12.5. The molecule has 4 rings (SSSR count). The fourth-order valence-corrected chi connectivity index (χ4v) is 3.42. The Hall–Kier alpha value is -3.81. The number of hydrogen-bond acceptors (Lipinski definition) is 6. The third-order valence-corrected chi connectivity index (χ3v) is 5.38. The molecule has 0 aliphatic carbocycles. The van der Waals surface area contributed by atoms with Crippen molar-refractivity contribution < 1.29 is 4.79 Å². The van der Waals surface area contributed by atoms with Crippen LogP contribution in [0.1, 0.15) is 42.4 Å². The van der Waals surface area contributed by atoms with E-state index >= 15 is 0 Å². The van der Waals surface area contributed by atoms with E-state index in [-0.39, 0.29) is 18.4 Å². The largest absolute Gasteiger partial charge is 0.362 e. The normalized spacial score (nSPS) is 12.0. The maximum absolute atomic E-state index is 12.5. The molecule has 0 bridgehead atoms. The molecule has 4 aromatic rings. The predicted molar refractivity (Wildman–Crippen MR) is 126 cm³/mol. The number of fused-ring (bicyclic) bond motifs is 1. The minimum Gasteiger partial charge on any atom is -0.362 e. The average Bonchev–Trinajstić information content (AvgIpc) is 3.19. The van der Waals surface area contributed by atoms with Crippen LogP contribution in [0.4, 0.5) is 11.5 Å². The molecule has 2 N–H and O–H groups in total. The van der Waals surface area contributed by atoms with Crippen LogP contribution in [0.2, 0.25) is 0 Å². The fraction of sp³-hybridized carbons (Fsp3) is 0.292. The highest BCUT2D eigenvalue weighted by Crippen LogP contribution is 2.22. The highest BCUT2D eigenvalue weighted by molar-refractivity contribution is 5.92. The van der Waals surface area contributed by atoms with Gasteiger partial charge in [-0.3, -0.25) is 14.5 Å². The molecule has 1 amide bonds. The van der Waals surface area contributed by atoms with Gasteiger partial charge in [0.1, 0.15) is 11.3 Å². The minimum atomic E-state index is -0.0960. The van der Waals surface area contributed by atoms with E-state index in [0.717, 1.165) is 40.3 Å². The molecule has 0 saturated carbocycles. The van der Waals surface area contributed by atoms with Gasteiger partial charge in [-0.05, 0) is 57.0 Å². The van der Waals surface area contributed by atoms with E-state index < -0.39 is 0 Å². The Labute approximate surface area is 187 Å². The number of benzene rings is 1. The van der Waals surface area contributed by atoms with Gasteiger partial charge < -0.3 is 10.6 Å². The number of nitrogens with one attached hydrogen (secondary N) is 2. The third-order valence-electron chi connectivity index (χ3n) is 5.38. The number of nitrogens with zero attached hydrogens (tertiary/aromatic N) is 5. The SMILES string of the molecule is CCn1cc2ncc(N[C@@H](C)c3cccc(NC(=O)Cc4ccc(C)c(C)n4)c3)nc2n1. The first-order valence-corrected chi connectivity index (χ1v) is 10.7. The van der Waals surface area contributed by atoms with Gasteiger partial charge in [0.05, 0.1) is 24.9 Å². The third kappa shape index (κ3) is 4.91. The summed E-state index contributed by atoms with van der Waals surface area (Å²) < 4.78 is 1.82. The van der Waals surface area contributed by atoms with Crippen LogP contribution in [0.15, 0.2) is 48.8 Å². The summed E-state index contributed by atoms with van der Waals surface area (Å²) in [6.45, 7) is 8.80. The van der Waals surface area contributed by atoms with Crippen LogP contribution in [0, 0.1) is 13.8 Å². The zero-order valence-corrected chi connectivity index (χ0v) is 18.8. The number of amides is 1. The summed E-state index contributed by atoms with van der Waals surface area (Å²) in [5.74, 6) is 0.558. The average molecular weight is 430 g/mol. The molecule has 0 aliphatic rings. The van der Waals surface area contributed by atoms with Crippen molar-refractivity contribution in [3.05, 3.63) is 71.3 Å². The van der Waals surface area contributed by atoms with Crippen molar-refractivity contribution in [2.24, 2.45) is 0 Å². The molecule has 164 valence electrons. The van der Waals surface area contributed by atoms with E-state index in [0.29, 0.717) is 11.5 Å². The van der Waals surface area contributed by atoms with Gasteiger partial charge in [-0.25, -0.2) is 9.97 Å².